The Labute approximate surface area is 227 Å². The second-order valence-electron chi connectivity index (χ2n) is 11.6. The molecule has 2 unspecified atom stereocenters. The largest absolute Gasteiger partial charge is 0.507 e. The Morgan fingerprint density at radius 3 is 2.18 bits per heavy atom. The SMILES string of the molecule is CCN(CC)C[C@@]12Cc3c(N(C)C)ccc(O)c3C(=O)C1C(=O)[C@]1(O)C(=O)C(C(N)=O)C(=O)[C@@H](N(C)C)[C@@H]1C2. The number of carbonyl (C=O) groups excluding carboxylic acids is 5. The molecule has 1 amide bonds. The van der Waals surface area contributed by atoms with Gasteiger partial charge < -0.3 is 25.7 Å². The number of aromatic hydroxyl groups is 1. The summed E-state index contributed by atoms with van der Waals surface area (Å²) in [5.74, 6) is -9.94. The molecule has 1 aromatic carbocycles. The molecule has 6 atom stereocenters. The van der Waals surface area contributed by atoms with Gasteiger partial charge in [-0.15, -0.1) is 0 Å². The lowest BCUT2D eigenvalue weighted by molar-refractivity contribution is -0.187. The fraction of sp³-hybridized carbons (Fsp3) is 0.607. The molecule has 212 valence electrons. The van der Waals surface area contributed by atoms with Gasteiger partial charge >= 0.3 is 0 Å². The summed E-state index contributed by atoms with van der Waals surface area (Å²) in [6.45, 7) is 5.44. The van der Waals surface area contributed by atoms with Crippen LogP contribution < -0.4 is 10.6 Å². The molecule has 0 radical (unpaired) electrons. The first-order chi connectivity index (χ1) is 18.2. The summed E-state index contributed by atoms with van der Waals surface area (Å²) in [5, 5.41) is 22.7. The third kappa shape index (κ3) is 4.01. The van der Waals surface area contributed by atoms with Gasteiger partial charge in [0, 0.05) is 37.7 Å². The maximum absolute atomic E-state index is 14.4. The van der Waals surface area contributed by atoms with E-state index in [0.717, 1.165) is 0 Å². The highest BCUT2D eigenvalue weighted by Gasteiger charge is 2.72. The third-order valence-corrected chi connectivity index (χ3v) is 9.07. The number of amides is 1. The van der Waals surface area contributed by atoms with E-state index in [2.05, 4.69) is 4.90 Å². The van der Waals surface area contributed by atoms with E-state index in [1.807, 2.05) is 32.8 Å². The lowest BCUT2D eigenvalue weighted by atomic mass is 9.46. The van der Waals surface area contributed by atoms with Crippen molar-refractivity contribution in [2.75, 3.05) is 52.7 Å². The fourth-order valence-electron chi connectivity index (χ4n) is 7.30. The van der Waals surface area contributed by atoms with Crippen molar-refractivity contribution >= 4 is 34.7 Å². The number of anilines is 1. The topological polar surface area (TPSA) is 162 Å². The summed E-state index contributed by atoms with van der Waals surface area (Å²) >= 11 is 0. The lowest BCUT2D eigenvalue weighted by Crippen LogP contribution is -2.76. The molecule has 39 heavy (non-hydrogen) atoms. The smallest absolute Gasteiger partial charge is 0.235 e. The number of hydrogen-bond acceptors (Lipinski definition) is 10. The van der Waals surface area contributed by atoms with Gasteiger partial charge in [-0.2, -0.15) is 0 Å². The number of Topliss-reactive ketones (excluding diaryl/α,β-unsaturated/α-hetero) is 4. The van der Waals surface area contributed by atoms with Crippen LogP contribution in [0, 0.1) is 23.2 Å². The van der Waals surface area contributed by atoms with Gasteiger partial charge in [0.1, 0.15) is 5.75 Å². The van der Waals surface area contributed by atoms with Crippen molar-refractivity contribution in [1.29, 1.82) is 0 Å². The van der Waals surface area contributed by atoms with Gasteiger partial charge in [0.2, 0.25) is 5.91 Å². The van der Waals surface area contributed by atoms with E-state index in [0.29, 0.717) is 30.9 Å². The molecule has 3 aliphatic carbocycles. The van der Waals surface area contributed by atoms with Crippen LogP contribution in [-0.4, -0.2) is 109 Å². The Morgan fingerprint density at radius 2 is 1.67 bits per heavy atom. The molecule has 0 spiro atoms. The summed E-state index contributed by atoms with van der Waals surface area (Å²) in [7, 11) is 6.78. The number of carbonyl (C=O) groups is 5. The minimum Gasteiger partial charge on any atom is -0.507 e. The van der Waals surface area contributed by atoms with E-state index in [1.54, 1.807) is 20.2 Å². The maximum atomic E-state index is 14.4. The molecular weight excluding hydrogens is 504 g/mol. The summed E-state index contributed by atoms with van der Waals surface area (Å²) < 4.78 is 0. The number of phenols is 1. The van der Waals surface area contributed by atoms with E-state index in [9.17, 15) is 34.2 Å². The minimum atomic E-state index is -2.76. The number of ketones is 4. The van der Waals surface area contributed by atoms with Crippen LogP contribution >= 0.6 is 0 Å². The van der Waals surface area contributed by atoms with Crippen molar-refractivity contribution in [3.8, 4) is 5.75 Å². The summed E-state index contributed by atoms with van der Waals surface area (Å²) in [6, 6.07) is 1.95. The zero-order valence-corrected chi connectivity index (χ0v) is 23.4. The molecule has 0 aliphatic heterocycles. The van der Waals surface area contributed by atoms with Crippen LogP contribution in [0.25, 0.3) is 0 Å². The standard InChI is InChI=1S/C28H38N4O7/c1-7-32(8-2)13-27-11-14-16(30(3)4)9-10-17(33)18(14)22(34)20(27)25(37)28(39)15(12-27)21(31(5)6)23(35)19(24(28)36)26(29)38/h9-10,15,19-21,33,39H,7-8,11-13H2,1-6H3,(H2,29,38)/t15-,19?,20?,21-,27-,28+/m0/s1. The first-order valence-corrected chi connectivity index (χ1v) is 13.3. The predicted molar refractivity (Wildman–Crippen MR) is 142 cm³/mol. The molecule has 11 heteroatoms. The van der Waals surface area contributed by atoms with Crippen LogP contribution in [0.3, 0.4) is 0 Å². The van der Waals surface area contributed by atoms with Gasteiger partial charge in [0.05, 0.1) is 17.5 Å². The number of benzene rings is 1. The van der Waals surface area contributed by atoms with Crippen molar-refractivity contribution in [1.82, 2.24) is 9.80 Å². The average molecular weight is 543 g/mol. The van der Waals surface area contributed by atoms with Gasteiger partial charge in [0.15, 0.2) is 34.7 Å². The van der Waals surface area contributed by atoms with Crippen molar-refractivity contribution < 1.29 is 34.2 Å². The number of likely N-dealkylation sites (N-methyl/N-ethyl adjacent to an activating group) is 1. The monoisotopic (exact) mass is 542 g/mol. The zero-order valence-electron chi connectivity index (χ0n) is 23.4. The summed E-state index contributed by atoms with van der Waals surface area (Å²) in [5.41, 5.74) is 2.85. The van der Waals surface area contributed by atoms with Gasteiger partial charge in [-0.3, -0.25) is 28.9 Å². The number of nitrogens with zero attached hydrogens (tertiary/aromatic N) is 3. The molecule has 1 aromatic rings. The normalized spacial score (nSPS) is 32.2. The van der Waals surface area contributed by atoms with Crippen molar-refractivity contribution in [2.45, 2.75) is 38.3 Å². The number of primary amides is 1. The highest BCUT2D eigenvalue weighted by Crippen LogP contribution is 2.57. The summed E-state index contributed by atoms with van der Waals surface area (Å²) in [4.78, 5) is 73.3. The number of fused-ring (bicyclic) bond motifs is 3. The lowest BCUT2D eigenvalue weighted by Gasteiger charge is -2.58. The summed E-state index contributed by atoms with van der Waals surface area (Å²) in [6.07, 6.45) is 0.202. The van der Waals surface area contributed by atoms with E-state index in [1.165, 1.54) is 11.0 Å². The van der Waals surface area contributed by atoms with Crippen LogP contribution in [0.2, 0.25) is 0 Å². The van der Waals surface area contributed by atoms with Crippen molar-refractivity contribution in [2.24, 2.45) is 28.9 Å². The Hall–Kier alpha value is -3.15. The molecule has 3 aliphatic rings. The van der Waals surface area contributed by atoms with Gasteiger partial charge in [-0.25, -0.2) is 0 Å². The Morgan fingerprint density at radius 1 is 1.05 bits per heavy atom. The molecule has 0 aromatic heterocycles. The fourth-order valence-corrected chi connectivity index (χ4v) is 7.30. The van der Waals surface area contributed by atoms with Crippen LogP contribution in [0.5, 0.6) is 5.75 Å². The predicted octanol–water partition coefficient (Wildman–Crippen LogP) is -0.355. The second kappa shape index (κ2) is 9.79. The molecular formula is C28H38N4O7. The van der Waals surface area contributed by atoms with E-state index >= 15 is 0 Å². The number of rotatable bonds is 7. The molecule has 0 bridgehead atoms. The molecule has 2 saturated carbocycles. The van der Waals surface area contributed by atoms with E-state index < -0.39 is 63.9 Å². The van der Waals surface area contributed by atoms with Gasteiger partial charge in [-0.1, -0.05) is 13.8 Å². The Kier molecular flexibility index (Phi) is 7.25. The maximum Gasteiger partial charge on any atom is 0.235 e. The second-order valence-corrected chi connectivity index (χ2v) is 11.6. The Balaban J connectivity index is 2.02. The minimum absolute atomic E-state index is 0.00405. The van der Waals surface area contributed by atoms with Crippen LogP contribution in [0.4, 0.5) is 5.69 Å². The van der Waals surface area contributed by atoms with Crippen molar-refractivity contribution in [3.05, 3.63) is 23.3 Å². The molecule has 4 rings (SSSR count). The van der Waals surface area contributed by atoms with Crippen LogP contribution in [-0.2, 0) is 25.6 Å². The number of hydrogen-bond donors (Lipinski definition) is 3. The molecule has 0 heterocycles. The van der Waals surface area contributed by atoms with Gasteiger partial charge in [0.25, 0.3) is 0 Å². The van der Waals surface area contributed by atoms with Crippen LogP contribution in [0.1, 0.15) is 36.2 Å². The molecule has 2 fully saturated rings. The Bertz CT molecular complexity index is 1260. The third-order valence-electron chi connectivity index (χ3n) is 9.07. The van der Waals surface area contributed by atoms with Crippen molar-refractivity contribution in [3.63, 3.8) is 0 Å². The average Bonchev–Trinajstić information content (AvgIpc) is 2.84. The van der Waals surface area contributed by atoms with E-state index in [-0.39, 0.29) is 24.2 Å². The highest BCUT2D eigenvalue weighted by atomic mass is 16.3. The van der Waals surface area contributed by atoms with E-state index in [4.69, 9.17) is 5.73 Å². The number of nitrogens with two attached hydrogens (primary N) is 1. The quantitative estimate of drug-likeness (QED) is 0.388. The highest BCUT2D eigenvalue weighted by molar-refractivity contribution is 6.32. The first kappa shape index (κ1) is 28.8. The zero-order chi connectivity index (χ0) is 29.2. The molecule has 4 N–H and O–H groups in total. The first-order valence-electron chi connectivity index (χ1n) is 13.3. The number of phenolic OH excluding ortho intramolecular Hbond substituents is 1. The molecule has 11 nitrogen and oxygen atoms in total. The molecule has 0 saturated heterocycles. The van der Waals surface area contributed by atoms with Crippen LogP contribution in [0.15, 0.2) is 12.1 Å². The number of aliphatic hydroxyl groups is 1. The van der Waals surface area contributed by atoms with Gasteiger partial charge in [-0.05, 0) is 57.7 Å².